The van der Waals surface area contributed by atoms with E-state index in [9.17, 15) is 28.2 Å². The SMILES string of the molecule is Cc1cc(Nc2nccc(C(F)(F)F)n2)cc(-c2cnc(C3(O)CCCC(c4cccc(C(=O)O)c4)C3)s2)c1. The van der Waals surface area contributed by atoms with Crippen LogP contribution in [0.15, 0.2) is 60.9 Å². The Morgan fingerprint density at radius 3 is 2.74 bits per heavy atom. The molecular formula is C28H25F3N4O3S. The summed E-state index contributed by atoms with van der Waals surface area (Å²) in [5.41, 5.74) is 1.10. The van der Waals surface area contributed by atoms with Crippen LogP contribution in [-0.2, 0) is 11.8 Å². The number of hydrogen-bond acceptors (Lipinski definition) is 7. The molecule has 0 radical (unpaired) electrons. The summed E-state index contributed by atoms with van der Waals surface area (Å²) in [4.78, 5) is 24.2. The van der Waals surface area contributed by atoms with E-state index in [1.54, 1.807) is 36.5 Å². The van der Waals surface area contributed by atoms with Crippen molar-refractivity contribution < 1.29 is 28.2 Å². The van der Waals surface area contributed by atoms with Gasteiger partial charge in [-0.15, -0.1) is 11.3 Å². The quantitative estimate of drug-likeness (QED) is 0.238. The van der Waals surface area contributed by atoms with Gasteiger partial charge in [0.25, 0.3) is 0 Å². The number of alkyl halides is 3. The van der Waals surface area contributed by atoms with Crippen LogP contribution in [0.3, 0.4) is 0 Å². The predicted molar refractivity (Wildman–Crippen MR) is 141 cm³/mol. The summed E-state index contributed by atoms with van der Waals surface area (Å²) in [5, 5.41) is 24.4. The van der Waals surface area contributed by atoms with Crippen molar-refractivity contribution in [3.05, 3.63) is 88.3 Å². The fourth-order valence-corrected chi connectivity index (χ4v) is 6.01. The number of carbonyl (C=O) groups is 1. The molecule has 1 saturated carbocycles. The normalized spacial score (nSPS) is 19.6. The number of nitrogens with one attached hydrogen (secondary N) is 1. The molecule has 0 bridgehead atoms. The largest absolute Gasteiger partial charge is 0.478 e. The van der Waals surface area contributed by atoms with E-state index in [-0.39, 0.29) is 17.4 Å². The second-order valence-electron chi connectivity index (χ2n) is 9.76. The summed E-state index contributed by atoms with van der Waals surface area (Å²) in [7, 11) is 0. The van der Waals surface area contributed by atoms with Gasteiger partial charge >= 0.3 is 12.1 Å². The van der Waals surface area contributed by atoms with Crippen molar-refractivity contribution in [2.45, 2.75) is 50.3 Å². The number of rotatable bonds is 6. The Balaban J connectivity index is 1.38. The van der Waals surface area contributed by atoms with E-state index in [1.165, 1.54) is 11.3 Å². The van der Waals surface area contributed by atoms with Gasteiger partial charge in [-0.25, -0.2) is 19.7 Å². The number of thiazole rings is 1. The van der Waals surface area contributed by atoms with Crippen molar-refractivity contribution in [2.24, 2.45) is 0 Å². The van der Waals surface area contributed by atoms with Crippen LogP contribution in [0.2, 0.25) is 0 Å². The highest BCUT2D eigenvalue weighted by Crippen LogP contribution is 2.46. The Labute approximate surface area is 226 Å². The first-order valence-corrected chi connectivity index (χ1v) is 13.1. The minimum absolute atomic E-state index is 0.00219. The molecule has 2 unspecified atom stereocenters. The number of aliphatic hydroxyl groups is 1. The fourth-order valence-electron chi connectivity index (χ4n) is 4.98. The molecule has 0 amide bonds. The maximum Gasteiger partial charge on any atom is 0.433 e. The Kier molecular flexibility index (Phi) is 7.13. The number of carboxylic acids is 1. The minimum Gasteiger partial charge on any atom is -0.478 e. The van der Waals surface area contributed by atoms with E-state index >= 15 is 0 Å². The van der Waals surface area contributed by atoms with Gasteiger partial charge in [-0.1, -0.05) is 18.2 Å². The number of carboxylic acid groups (broad SMARTS) is 1. The number of nitrogens with zero attached hydrogens (tertiary/aromatic N) is 3. The van der Waals surface area contributed by atoms with Crippen molar-refractivity contribution in [3.8, 4) is 10.4 Å². The number of hydrogen-bond donors (Lipinski definition) is 3. The van der Waals surface area contributed by atoms with Crippen LogP contribution >= 0.6 is 11.3 Å². The molecule has 2 heterocycles. The molecule has 0 saturated heterocycles. The monoisotopic (exact) mass is 554 g/mol. The van der Waals surface area contributed by atoms with E-state index in [4.69, 9.17) is 0 Å². The third kappa shape index (κ3) is 5.94. The van der Waals surface area contributed by atoms with Gasteiger partial charge in [0.2, 0.25) is 5.95 Å². The third-order valence-corrected chi connectivity index (χ3v) is 8.04. The Hall–Kier alpha value is -3.83. The lowest BCUT2D eigenvalue weighted by Gasteiger charge is -2.35. The van der Waals surface area contributed by atoms with Crippen LogP contribution in [0, 0.1) is 6.92 Å². The van der Waals surface area contributed by atoms with Gasteiger partial charge in [-0.2, -0.15) is 13.2 Å². The van der Waals surface area contributed by atoms with Gasteiger partial charge in [-0.05, 0) is 85.5 Å². The lowest BCUT2D eigenvalue weighted by atomic mass is 9.75. The summed E-state index contributed by atoms with van der Waals surface area (Å²) in [6.07, 6.45) is 0.746. The highest BCUT2D eigenvalue weighted by Gasteiger charge is 2.39. The maximum atomic E-state index is 13.0. The van der Waals surface area contributed by atoms with Crippen molar-refractivity contribution in [2.75, 3.05) is 5.32 Å². The van der Waals surface area contributed by atoms with Gasteiger partial charge in [0.1, 0.15) is 16.3 Å². The first kappa shape index (κ1) is 26.8. The molecule has 0 spiro atoms. The second kappa shape index (κ2) is 10.4. The first-order chi connectivity index (χ1) is 18.5. The summed E-state index contributed by atoms with van der Waals surface area (Å²) in [5.74, 6) is -1.15. The Morgan fingerprint density at radius 1 is 1.15 bits per heavy atom. The van der Waals surface area contributed by atoms with E-state index in [0.717, 1.165) is 46.7 Å². The van der Waals surface area contributed by atoms with E-state index in [2.05, 4.69) is 20.3 Å². The van der Waals surface area contributed by atoms with E-state index in [0.29, 0.717) is 23.5 Å². The third-order valence-electron chi connectivity index (χ3n) is 6.80. The number of aryl methyl sites for hydroxylation is 1. The molecule has 1 aliphatic carbocycles. The molecule has 1 aliphatic rings. The number of aromatic carboxylic acids is 1. The molecule has 5 rings (SSSR count). The summed E-state index contributed by atoms with van der Waals surface area (Å²) < 4.78 is 39.1. The zero-order valence-electron chi connectivity index (χ0n) is 20.9. The second-order valence-corrected chi connectivity index (χ2v) is 10.8. The fraction of sp³-hybridized carbons (Fsp3) is 0.286. The van der Waals surface area contributed by atoms with Crippen molar-refractivity contribution >= 4 is 28.9 Å². The van der Waals surface area contributed by atoms with Crippen molar-refractivity contribution in [3.63, 3.8) is 0 Å². The van der Waals surface area contributed by atoms with Gasteiger partial charge in [0.05, 0.1) is 10.4 Å². The number of halogens is 3. The van der Waals surface area contributed by atoms with E-state index < -0.39 is 23.4 Å². The number of aromatic nitrogens is 3. The molecule has 1 fully saturated rings. The minimum atomic E-state index is -4.58. The number of benzene rings is 2. The van der Waals surface area contributed by atoms with Gasteiger partial charge in [0, 0.05) is 18.1 Å². The van der Waals surface area contributed by atoms with Crippen molar-refractivity contribution in [1.29, 1.82) is 0 Å². The maximum absolute atomic E-state index is 13.0. The predicted octanol–water partition coefficient (Wildman–Crippen LogP) is 6.91. The topological polar surface area (TPSA) is 108 Å². The highest BCUT2D eigenvalue weighted by atomic mass is 32.1. The molecule has 202 valence electrons. The zero-order valence-corrected chi connectivity index (χ0v) is 21.7. The summed E-state index contributed by atoms with van der Waals surface area (Å²) >= 11 is 1.36. The number of anilines is 2. The molecule has 11 heteroatoms. The average molecular weight is 555 g/mol. The van der Waals surface area contributed by atoms with Crippen LogP contribution in [0.1, 0.15) is 63.8 Å². The Morgan fingerprint density at radius 2 is 1.97 bits per heavy atom. The summed E-state index contributed by atoms with van der Waals surface area (Å²) in [6.45, 7) is 1.87. The molecule has 39 heavy (non-hydrogen) atoms. The van der Waals surface area contributed by atoms with Crippen LogP contribution in [0.4, 0.5) is 24.8 Å². The zero-order chi connectivity index (χ0) is 27.8. The smallest absolute Gasteiger partial charge is 0.433 e. The molecule has 2 atom stereocenters. The van der Waals surface area contributed by atoms with Gasteiger partial charge < -0.3 is 15.5 Å². The lowest BCUT2D eigenvalue weighted by Crippen LogP contribution is -2.31. The van der Waals surface area contributed by atoms with Crippen molar-refractivity contribution in [1.82, 2.24) is 15.0 Å². The lowest BCUT2D eigenvalue weighted by molar-refractivity contribution is -0.141. The van der Waals surface area contributed by atoms with E-state index in [1.807, 2.05) is 19.1 Å². The van der Waals surface area contributed by atoms with Crippen LogP contribution < -0.4 is 5.32 Å². The summed E-state index contributed by atoms with van der Waals surface area (Å²) in [6, 6.07) is 13.1. The molecule has 7 nitrogen and oxygen atoms in total. The van der Waals surface area contributed by atoms with Gasteiger partial charge in [-0.3, -0.25) is 0 Å². The molecular weight excluding hydrogens is 529 g/mol. The average Bonchev–Trinajstić information content (AvgIpc) is 3.40. The Bertz CT molecular complexity index is 1520. The molecule has 0 aliphatic heterocycles. The highest BCUT2D eigenvalue weighted by molar-refractivity contribution is 7.15. The molecule has 2 aromatic carbocycles. The van der Waals surface area contributed by atoms with Crippen LogP contribution in [0.5, 0.6) is 0 Å². The molecule has 2 aromatic heterocycles. The molecule has 3 N–H and O–H groups in total. The first-order valence-electron chi connectivity index (χ1n) is 12.3. The van der Waals surface area contributed by atoms with Crippen LogP contribution in [-0.4, -0.2) is 31.1 Å². The standard InChI is InChI=1S/C28H25F3N4O3S/c1-16-10-20(13-21(11-16)34-26-32-9-7-23(35-26)28(29,30)31)22-15-33-25(39-22)27(38)8-3-6-19(14-27)17-4-2-5-18(12-17)24(36)37/h2,4-5,7,9-13,15,19,38H,3,6,8,14H2,1H3,(H,36,37)(H,32,34,35). The molecule has 4 aromatic rings. The van der Waals surface area contributed by atoms with Crippen LogP contribution in [0.25, 0.3) is 10.4 Å². The van der Waals surface area contributed by atoms with Gasteiger partial charge in [0.15, 0.2) is 0 Å².